The summed E-state index contributed by atoms with van der Waals surface area (Å²) in [6.45, 7) is 0.900. The summed E-state index contributed by atoms with van der Waals surface area (Å²) in [6.07, 6.45) is 4.67. The predicted octanol–water partition coefficient (Wildman–Crippen LogP) is 2.41. The number of carbonyl (C=O) groups excluding carboxylic acids is 2. The topological polar surface area (TPSA) is 76.0 Å². The molecule has 0 saturated carbocycles. The molecule has 2 heterocycles. The van der Waals surface area contributed by atoms with Crippen molar-refractivity contribution in [2.45, 2.75) is 12.8 Å². The zero-order valence-corrected chi connectivity index (χ0v) is 15.0. The lowest BCUT2D eigenvalue weighted by molar-refractivity contribution is -0.120. The van der Waals surface area contributed by atoms with E-state index in [-0.39, 0.29) is 18.2 Å². The first-order valence-corrected chi connectivity index (χ1v) is 9.33. The van der Waals surface area contributed by atoms with Gasteiger partial charge in [-0.3, -0.25) is 9.59 Å². The molecule has 0 aliphatic rings. The van der Waals surface area contributed by atoms with E-state index in [4.69, 9.17) is 0 Å². The fourth-order valence-corrected chi connectivity index (χ4v) is 3.09. The van der Waals surface area contributed by atoms with Crippen LogP contribution in [0.15, 0.2) is 59.6 Å². The van der Waals surface area contributed by atoms with Crippen LogP contribution in [0.3, 0.4) is 0 Å². The van der Waals surface area contributed by atoms with E-state index in [1.54, 1.807) is 22.3 Å². The number of thiophene rings is 1. The standard InChI is InChI=1S/C19H20N4O2S/c24-18(7-11-21-19(25)16-8-13-26-14-16)20-10-6-15-2-4-17(5-3-15)23-12-1-9-22-23/h1-5,8-9,12-14H,6-7,10-11H2,(H,20,24)(H,21,25). The van der Waals surface area contributed by atoms with E-state index in [1.807, 2.05) is 41.9 Å². The Hall–Kier alpha value is -2.93. The van der Waals surface area contributed by atoms with Crippen molar-refractivity contribution in [3.05, 3.63) is 70.7 Å². The second-order valence-corrected chi connectivity index (χ2v) is 6.51. The highest BCUT2D eigenvalue weighted by atomic mass is 32.1. The number of aromatic nitrogens is 2. The summed E-state index contributed by atoms with van der Waals surface area (Å²) in [5.41, 5.74) is 2.78. The average Bonchev–Trinajstić information content (AvgIpc) is 3.36. The molecule has 3 aromatic rings. The number of rotatable bonds is 8. The highest BCUT2D eigenvalue weighted by molar-refractivity contribution is 7.08. The summed E-state index contributed by atoms with van der Waals surface area (Å²) < 4.78 is 1.80. The normalized spacial score (nSPS) is 10.5. The van der Waals surface area contributed by atoms with Crippen LogP contribution in [0.4, 0.5) is 0 Å². The molecule has 0 fully saturated rings. The highest BCUT2D eigenvalue weighted by Crippen LogP contribution is 2.09. The third kappa shape index (κ3) is 5.03. The molecule has 0 aliphatic heterocycles. The maximum atomic E-state index is 11.8. The summed E-state index contributed by atoms with van der Waals surface area (Å²) in [6, 6.07) is 11.7. The largest absolute Gasteiger partial charge is 0.356 e. The van der Waals surface area contributed by atoms with E-state index in [1.165, 1.54) is 11.3 Å². The first-order valence-electron chi connectivity index (χ1n) is 8.38. The Labute approximate surface area is 155 Å². The van der Waals surface area contributed by atoms with Gasteiger partial charge in [-0.1, -0.05) is 12.1 Å². The first kappa shape index (κ1) is 17.9. The van der Waals surface area contributed by atoms with Crippen molar-refractivity contribution in [2.75, 3.05) is 13.1 Å². The third-order valence-corrected chi connectivity index (χ3v) is 4.55. The number of amides is 2. The molecule has 0 atom stereocenters. The van der Waals surface area contributed by atoms with E-state index in [2.05, 4.69) is 15.7 Å². The molecule has 2 N–H and O–H groups in total. The van der Waals surface area contributed by atoms with Gasteiger partial charge in [0.1, 0.15) is 0 Å². The molecule has 0 saturated heterocycles. The Kier molecular flexibility index (Phi) is 6.16. The number of hydrogen-bond donors (Lipinski definition) is 2. The summed E-state index contributed by atoms with van der Waals surface area (Å²) in [5, 5.41) is 13.4. The molecule has 2 aromatic heterocycles. The Bertz CT molecular complexity index is 827. The van der Waals surface area contributed by atoms with Crippen LogP contribution in [0.2, 0.25) is 0 Å². The third-order valence-electron chi connectivity index (χ3n) is 3.86. The average molecular weight is 368 g/mol. The maximum Gasteiger partial charge on any atom is 0.252 e. The van der Waals surface area contributed by atoms with Crippen molar-refractivity contribution in [1.29, 1.82) is 0 Å². The molecule has 3 rings (SSSR count). The molecule has 134 valence electrons. The second-order valence-electron chi connectivity index (χ2n) is 5.73. The Morgan fingerprint density at radius 3 is 2.62 bits per heavy atom. The Morgan fingerprint density at radius 2 is 1.92 bits per heavy atom. The van der Waals surface area contributed by atoms with Gasteiger partial charge >= 0.3 is 0 Å². The Morgan fingerprint density at radius 1 is 1.08 bits per heavy atom. The molecule has 1 aromatic carbocycles. The number of nitrogens with zero attached hydrogens (tertiary/aromatic N) is 2. The van der Waals surface area contributed by atoms with Gasteiger partial charge in [0.15, 0.2) is 0 Å². The van der Waals surface area contributed by atoms with E-state index in [0.29, 0.717) is 18.7 Å². The molecular weight excluding hydrogens is 348 g/mol. The van der Waals surface area contributed by atoms with Gasteiger partial charge in [-0.25, -0.2) is 4.68 Å². The van der Waals surface area contributed by atoms with E-state index in [0.717, 1.165) is 17.7 Å². The molecule has 0 unspecified atom stereocenters. The van der Waals surface area contributed by atoms with Crippen LogP contribution in [0.5, 0.6) is 0 Å². The van der Waals surface area contributed by atoms with Crippen molar-refractivity contribution >= 4 is 23.2 Å². The molecule has 0 spiro atoms. The molecule has 0 radical (unpaired) electrons. The first-order chi connectivity index (χ1) is 12.7. The fourth-order valence-electron chi connectivity index (χ4n) is 2.46. The summed E-state index contributed by atoms with van der Waals surface area (Å²) in [5.74, 6) is -0.208. The van der Waals surface area contributed by atoms with Crippen LogP contribution in [-0.4, -0.2) is 34.7 Å². The molecule has 7 heteroatoms. The van der Waals surface area contributed by atoms with Crippen molar-refractivity contribution in [3.8, 4) is 5.69 Å². The minimum atomic E-state index is -0.142. The van der Waals surface area contributed by atoms with Gasteiger partial charge in [-0.05, 0) is 41.6 Å². The lowest BCUT2D eigenvalue weighted by Gasteiger charge is -2.07. The quantitative estimate of drug-likeness (QED) is 0.641. The maximum absolute atomic E-state index is 11.8. The van der Waals surface area contributed by atoms with Crippen LogP contribution in [0.1, 0.15) is 22.3 Å². The molecule has 0 bridgehead atoms. The number of hydrogen-bond acceptors (Lipinski definition) is 4. The fraction of sp³-hybridized carbons (Fsp3) is 0.211. The van der Waals surface area contributed by atoms with E-state index in [9.17, 15) is 9.59 Å². The zero-order chi connectivity index (χ0) is 18.2. The minimum absolute atomic E-state index is 0.0659. The van der Waals surface area contributed by atoms with Gasteiger partial charge < -0.3 is 10.6 Å². The lowest BCUT2D eigenvalue weighted by Crippen LogP contribution is -2.31. The highest BCUT2D eigenvalue weighted by Gasteiger charge is 2.06. The SMILES string of the molecule is O=C(CCNC(=O)c1ccsc1)NCCc1ccc(-n2cccn2)cc1. The molecule has 0 aliphatic carbocycles. The monoisotopic (exact) mass is 368 g/mol. The van der Waals surface area contributed by atoms with Crippen molar-refractivity contribution < 1.29 is 9.59 Å². The molecular formula is C19H20N4O2S. The number of carbonyl (C=O) groups is 2. The van der Waals surface area contributed by atoms with Gasteiger partial charge in [-0.2, -0.15) is 16.4 Å². The van der Waals surface area contributed by atoms with Gasteiger partial charge in [0.05, 0.1) is 5.69 Å². The lowest BCUT2D eigenvalue weighted by atomic mass is 10.1. The number of nitrogens with one attached hydrogen (secondary N) is 2. The zero-order valence-electron chi connectivity index (χ0n) is 14.2. The Balaban J connectivity index is 1.34. The summed E-state index contributed by atoms with van der Waals surface area (Å²) in [7, 11) is 0. The van der Waals surface area contributed by atoms with Gasteiger partial charge in [0.25, 0.3) is 5.91 Å². The molecule has 6 nitrogen and oxygen atoms in total. The van der Waals surface area contributed by atoms with Gasteiger partial charge in [-0.15, -0.1) is 0 Å². The minimum Gasteiger partial charge on any atom is -0.356 e. The number of benzene rings is 1. The second kappa shape index (κ2) is 8.96. The summed E-state index contributed by atoms with van der Waals surface area (Å²) in [4.78, 5) is 23.6. The van der Waals surface area contributed by atoms with Crippen LogP contribution < -0.4 is 10.6 Å². The smallest absolute Gasteiger partial charge is 0.252 e. The van der Waals surface area contributed by atoms with Crippen molar-refractivity contribution in [1.82, 2.24) is 20.4 Å². The van der Waals surface area contributed by atoms with Crippen LogP contribution in [0.25, 0.3) is 5.69 Å². The predicted molar refractivity (Wildman–Crippen MR) is 102 cm³/mol. The molecule has 2 amide bonds. The van der Waals surface area contributed by atoms with Crippen LogP contribution in [0, 0.1) is 0 Å². The van der Waals surface area contributed by atoms with Crippen molar-refractivity contribution in [2.24, 2.45) is 0 Å². The molecule has 26 heavy (non-hydrogen) atoms. The van der Waals surface area contributed by atoms with E-state index < -0.39 is 0 Å². The summed E-state index contributed by atoms with van der Waals surface area (Å²) >= 11 is 1.47. The van der Waals surface area contributed by atoms with Crippen LogP contribution in [-0.2, 0) is 11.2 Å². The van der Waals surface area contributed by atoms with Gasteiger partial charge in [0, 0.05) is 42.8 Å². The van der Waals surface area contributed by atoms with Gasteiger partial charge in [0.2, 0.25) is 5.91 Å². The van der Waals surface area contributed by atoms with Crippen molar-refractivity contribution in [3.63, 3.8) is 0 Å². The van der Waals surface area contributed by atoms with Crippen LogP contribution >= 0.6 is 11.3 Å². The van der Waals surface area contributed by atoms with E-state index >= 15 is 0 Å².